The van der Waals surface area contributed by atoms with Crippen LogP contribution in [-0.4, -0.2) is 39.0 Å². The van der Waals surface area contributed by atoms with E-state index in [0.29, 0.717) is 48.9 Å². The van der Waals surface area contributed by atoms with E-state index < -0.39 is 5.91 Å². The Hall–Kier alpha value is -3.18. The van der Waals surface area contributed by atoms with Gasteiger partial charge in [0.15, 0.2) is 0 Å². The average Bonchev–Trinajstić information content (AvgIpc) is 3.60. The third kappa shape index (κ3) is 5.79. The summed E-state index contributed by atoms with van der Waals surface area (Å²) in [5.74, 6) is -0.665. The molecule has 0 aliphatic rings. The molecule has 36 heavy (non-hydrogen) atoms. The van der Waals surface area contributed by atoms with Crippen LogP contribution in [0.1, 0.15) is 37.5 Å². The van der Waals surface area contributed by atoms with Crippen molar-refractivity contribution in [1.82, 2.24) is 20.5 Å². The molecule has 0 aliphatic heterocycles. The second kappa shape index (κ2) is 11.3. The van der Waals surface area contributed by atoms with Crippen LogP contribution in [0.15, 0.2) is 53.1 Å². The van der Waals surface area contributed by atoms with Crippen molar-refractivity contribution in [3.05, 3.63) is 79.0 Å². The van der Waals surface area contributed by atoms with Gasteiger partial charge in [0.1, 0.15) is 5.75 Å². The molecular formula is C24H21Cl2N5O3S2. The van der Waals surface area contributed by atoms with Gasteiger partial charge >= 0.3 is 0 Å². The van der Waals surface area contributed by atoms with Gasteiger partial charge in [0.05, 0.1) is 36.0 Å². The van der Waals surface area contributed by atoms with Gasteiger partial charge in [0.25, 0.3) is 11.8 Å². The second-order valence-electron chi connectivity index (χ2n) is 7.71. The van der Waals surface area contributed by atoms with Crippen LogP contribution in [0.5, 0.6) is 5.75 Å². The van der Waals surface area contributed by atoms with E-state index in [9.17, 15) is 14.7 Å². The van der Waals surface area contributed by atoms with Gasteiger partial charge in [-0.1, -0.05) is 29.3 Å². The predicted octanol–water partition coefficient (Wildman–Crippen LogP) is 5.35. The van der Waals surface area contributed by atoms with E-state index in [2.05, 4.69) is 20.9 Å². The molecule has 3 N–H and O–H groups in total. The molecule has 0 bridgehead atoms. The number of aryl methyl sites for hydroxylation is 1. The van der Waals surface area contributed by atoms with Crippen LogP contribution in [0.2, 0.25) is 10.0 Å². The Morgan fingerprint density at radius 2 is 1.86 bits per heavy atom. The molecule has 4 aromatic rings. The van der Waals surface area contributed by atoms with Crippen molar-refractivity contribution in [3.63, 3.8) is 0 Å². The largest absolute Gasteiger partial charge is 0.506 e. The zero-order valence-electron chi connectivity index (χ0n) is 19.2. The Labute approximate surface area is 225 Å². The number of aromatic hydroxyl groups is 1. The van der Waals surface area contributed by atoms with Crippen LogP contribution in [0.4, 0.5) is 0 Å². The molecule has 186 valence electrons. The van der Waals surface area contributed by atoms with E-state index in [-0.39, 0.29) is 11.7 Å². The number of halogens is 2. The van der Waals surface area contributed by atoms with Gasteiger partial charge in [0.2, 0.25) is 0 Å². The highest BCUT2D eigenvalue weighted by atomic mass is 35.5. The fourth-order valence-electron chi connectivity index (χ4n) is 3.32. The van der Waals surface area contributed by atoms with Crippen molar-refractivity contribution in [1.29, 1.82) is 0 Å². The molecular weight excluding hydrogens is 541 g/mol. The van der Waals surface area contributed by atoms with Gasteiger partial charge in [0, 0.05) is 37.3 Å². The summed E-state index contributed by atoms with van der Waals surface area (Å²) in [6, 6.07) is 10.2. The molecule has 8 nitrogen and oxygen atoms in total. The number of hydrogen-bond donors (Lipinski definition) is 3. The number of thiophene rings is 2. The number of rotatable bonds is 8. The van der Waals surface area contributed by atoms with E-state index in [0.717, 1.165) is 22.6 Å². The summed E-state index contributed by atoms with van der Waals surface area (Å²) < 4.78 is 1.76. The van der Waals surface area contributed by atoms with Crippen molar-refractivity contribution in [3.8, 4) is 16.2 Å². The Morgan fingerprint density at radius 3 is 2.56 bits per heavy atom. The molecule has 0 aliphatic carbocycles. The molecule has 0 spiro atoms. The highest BCUT2D eigenvalue weighted by Crippen LogP contribution is 2.40. The van der Waals surface area contributed by atoms with Gasteiger partial charge < -0.3 is 10.4 Å². The minimum atomic E-state index is -0.451. The van der Waals surface area contributed by atoms with Gasteiger partial charge in [-0.25, -0.2) is 5.43 Å². The van der Waals surface area contributed by atoms with Crippen molar-refractivity contribution in [2.45, 2.75) is 13.3 Å². The Kier molecular flexibility index (Phi) is 8.10. The predicted molar refractivity (Wildman–Crippen MR) is 145 cm³/mol. The molecule has 0 unspecified atom stereocenters. The molecule has 3 aromatic heterocycles. The minimum absolute atomic E-state index is 0.0371. The molecule has 12 heteroatoms. The first-order chi connectivity index (χ1) is 17.2. The van der Waals surface area contributed by atoms with Crippen molar-refractivity contribution in [2.75, 3.05) is 6.54 Å². The van der Waals surface area contributed by atoms with Crippen molar-refractivity contribution in [2.24, 2.45) is 12.1 Å². The number of hydrazone groups is 1. The maximum atomic E-state index is 12.6. The first-order valence-electron chi connectivity index (χ1n) is 10.7. The molecule has 4 rings (SSSR count). The molecule has 2 amide bonds. The standard InChI is InChI=1S/C24H21Cl2N5O3S2/c1-13(16-12-35-22(21(16)32)14-3-4-17(25)18(26)11-14)29-30-24(34)20-6-5-19(36-20)23(33)27-9-7-15-8-10-28-31(15)2/h3-6,8,10-12,32H,7,9H2,1-2H3,(H,27,33)(H,30,34)/b29-13+. The van der Waals surface area contributed by atoms with E-state index in [1.165, 1.54) is 11.3 Å². The maximum Gasteiger partial charge on any atom is 0.281 e. The van der Waals surface area contributed by atoms with E-state index in [1.807, 2.05) is 13.1 Å². The fourth-order valence-corrected chi connectivity index (χ4v) is 5.43. The zero-order chi connectivity index (χ0) is 25.8. The molecule has 0 radical (unpaired) electrons. The Balaban J connectivity index is 1.36. The topological polar surface area (TPSA) is 109 Å². The molecule has 0 saturated carbocycles. The lowest BCUT2D eigenvalue weighted by Crippen LogP contribution is -2.25. The lowest BCUT2D eigenvalue weighted by molar-refractivity contribution is 0.0951. The van der Waals surface area contributed by atoms with Crippen LogP contribution >= 0.6 is 45.9 Å². The van der Waals surface area contributed by atoms with Crippen LogP contribution in [-0.2, 0) is 13.5 Å². The number of carbonyl (C=O) groups is 2. The van der Waals surface area contributed by atoms with Gasteiger partial charge in [-0.2, -0.15) is 10.2 Å². The number of nitrogens with one attached hydrogen (secondary N) is 2. The number of amides is 2. The highest BCUT2D eigenvalue weighted by molar-refractivity contribution is 7.16. The number of aromatic nitrogens is 2. The van der Waals surface area contributed by atoms with Crippen LogP contribution in [0.3, 0.4) is 0 Å². The third-order valence-electron chi connectivity index (χ3n) is 5.30. The summed E-state index contributed by atoms with van der Waals surface area (Å²) in [4.78, 5) is 26.4. The Bertz CT molecular complexity index is 1460. The lowest BCUT2D eigenvalue weighted by Gasteiger charge is -2.04. The zero-order valence-corrected chi connectivity index (χ0v) is 22.4. The maximum absolute atomic E-state index is 12.6. The lowest BCUT2D eigenvalue weighted by atomic mass is 10.1. The molecule has 3 heterocycles. The number of nitrogens with zero attached hydrogens (tertiary/aromatic N) is 3. The summed E-state index contributed by atoms with van der Waals surface area (Å²) in [5.41, 5.74) is 5.13. The number of carbonyl (C=O) groups excluding carboxylic acids is 2. The monoisotopic (exact) mass is 561 g/mol. The highest BCUT2D eigenvalue weighted by Gasteiger charge is 2.17. The molecule has 0 fully saturated rings. The average molecular weight is 563 g/mol. The summed E-state index contributed by atoms with van der Waals surface area (Å²) in [7, 11) is 1.85. The van der Waals surface area contributed by atoms with E-state index >= 15 is 0 Å². The number of benzene rings is 1. The van der Waals surface area contributed by atoms with Crippen molar-refractivity contribution < 1.29 is 14.7 Å². The quantitative estimate of drug-likeness (QED) is 0.199. The normalized spacial score (nSPS) is 11.5. The summed E-state index contributed by atoms with van der Waals surface area (Å²) in [6.07, 6.45) is 2.36. The smallest absolute Gasteiger partial charge is 0.281 e. The Morgan fingerprint density at radius 1 is 1.11 bits per heavy atom. The molecule has 1 aromatic carbocycles. The van der Waals surface area contributed by atoms with Gasteiger partial charge in [-0.3, -0.25) is 14.3 Å². The van der Waals surface area contributed by atoms with Crippen LogP contribution in [0, 0.1) is 0 Å². The van der Waals surface area contributed by atoms with Gasteiger partial charge in [-0.05, 0) is 42.8 Å². The summed E-state index contributed by atoms with van der Waals surface area (Å²) >= 11 is 14.5. The van der Waals surface area contributed by atoms with Crippen molar-refractivity contribution >= 4 is 63.4 Å². The summed E-state index contributed by atoms with van der Waals surface area (Å²) in [6.45, 7) is 2.13. The molecule has 0 atom stereocenters. The van der Waals surface area contributed by atoms with E-state index in [4.69, 9.17) is 23.2 Å². The SMILES string of the molecule is C/C(=N\NC(=O)c1ccc(C(=O)NCCc2ccnn2C)s1)c1csc(-c2ccc(Cl)c(Cl)c2)c1O. The third-order valence-corrected chi connectivity index (χ3v) is 8.14. The first-order valence-corrected chi connectivity index (χ1v) is 13.2. The van der Waals surface area contributed by atoms with Crippen LogP contribution < -0.4 is 10.7 Å². The van der Waals surface area contributed by atoms with E-state index in [1.54, 1.807) is 53.5 Å². The molecule has 0 saturated heterocycles. The fraction of sp³-hybridized carbons (Fsp3) is 0.167. The minimum Gasteiger partial charge on any atom is -0.506 e. The van der Waals surface area contributed by atoms with Gasteiger partial charge in [-0.15, -0.1) is 22.7 Å². The first kappa shape index (κ1) is 25.9. The summed E-state index contributed by atoms with van der Waals surface area (Å²) in [5, 5.41) is 24.3. The van der Waals surface area contributed by atoms with Crippen LogP contribution in [0.25, 0.3) is 10.4 Å². The second-order valence-corrected chi connectivity index (χ2v) is 10.5. The number of hydrogen-bond acceptors (Lipinski definition) is 7.